The number of phenolic OH excluding ortho intramolecular Hbond substituents is 1. The molecule has 1 fully saturated rings. The van der Waals surface area contributed by atoms with Gasteiger partial charge >= 0.3 is 0 Å². The lowest BCUT2D eigenvalue weighted by Crippen LogP contribution is -2.31. The summed E-state index contributed by atoms with van der Waals surface area (Å²) in [6, 6.07) is 24.4. The summed E-state index contributed by atoms with van der Waals surface area (Å²) in [5.74, 6) is 0.341. The Hall–Kier alpha value is -4.28. The van der Waals surface area contributed by atoms with Crippen molar-refractivity contribution in [3.8, 4) is 11.5 Å². The van der Waals surface area contributed by atoms with Crippen LogP contribution in [0.4, 0.5) is 0 Å². The minimum absolute atomic E-state index is 0.0266. The quantitative estimate of drug-likeness (QED) is 0.0907. The van der Waals surface area contributed by atoms with Gasteiger partial charge in [-0.05, 0) is 78.5 Å². The van der Waals surface area contributed by atoms with Crippen molar-refractivity contribution in [1.82, 2.24) is 10.2 Å². The summed E-state index contributed by atoms with van der Waals surface area (Å²) in [6.07, 6.45) is 10.3. The molecule has 0 saturated heterocycles. The van der Waals surface area contributed by atoms with Crippen molar-refractivity contribution in [3.63, 3.8) is 0 Å². The third kappa shape index (κ3) is 9.19. The first-order valence-electron chi connectivity index (χ1n) is 18.9. The van der Waals surface area contributed by atoms with E-state index in [1.807, 2.05) is 13.0 Å². The number of nitrogens with two attached hydrogens (primary N) is 1. The number of hydrogen-bond acceptors (Lipinski definition) is 9. The highest BCUT2D eigenvalue weighted by molar-refractivity contribution is 6.10. The lowest BCUT2D eigenvalue weighted by Gasteiger charge is -2.32. The molecule has 9 heteroatoms. The molecule has 0 amide bonds. The van der Waals surface area contributed by atoms with Gasteiger partial charge in [-0.15, -0.1) is 0 Å². The van der Waals surface area contributed by atoms with Crippen LogP contribution in [0.25, 0.3) is 0 Å². The van der Waals surface area contributed by atoms with E-state index >= 15 is 0 Å². The second-order valence-electron chi connectivity index (χ2n) is 14.6. The number of benzene rings is 3. The Morgan fingerprint density at radius 3 is 2.60 bits per heavy atom. The Bertz CT molecular complexity index is 1760. The van der Waals surface area contributed by atoms with Crippen LogP contribution in [0.2, 0.25) is 0 Å². The van der Waals surface area contributed by atoms with E-state index in [2.05, 4.69) is 71.1 Å². The van der Waals surface area contributed by atoms with Crippen molar-refractivity contribution in [2.24, 2.45) is 10.7 Å². The lowest BCUT2D eigenvalue weighted by molar-refractivity contribution is -0.121. The normalized spacial score (nSPS) is 18.0. The van der Waals surface area contributed by atoms with Crippen LogP contribution in [0.1, 0.15) is 93.1 Å². The molecule has 0 aromatic heterocycles. The number of Topliss-reactive ketones (excluding diaryl/α,β-unsaturated/α-hetero) is 1. The number of nitrogens with one attached hydrogen (secondary N) is 1. The number of aliphatic hydroxyl groups excluding tert-OH is 2. The summed E-state index contributed by atoms with van der Waals surface area (Å²) >= 11 is 0. The number of rotatable bonds is 19. The Morgan fingerprint density at radius 2 is 1.81 bits per heavy atom. The van der Waals surface area contributed by atoms with E-state index in [1.54, 1.807) is 18.2 Å². The number of aromatic hydroxyl groups is 1. The van der Waals surface area contributed by atoms with E-state index in [9.17, 15) is 20.1 Å². The number of hydrogen-bond donors (Lipinski definition) is 5. The molecule has 1 saturated carbocycles. The van der Waals surface area contributed by atoms with Crippen LogP contribution in [0.5, 0.6) is 11.5 Å². The number of carbonyl (C=O) groups is 1. The van der Waals surface area contributed by atoms with E-state index in [0.717, 1.165) is 67.5 Å². The number of nitrogens with zero attached hydrogens (tertiary/aromatic N) is 2. The number of fused-ring (bicyclic) bond motifs is 1. The third-order valence-corrected chi connectivity index (χ3v) is 10.7. The predicted octanol–water partition coefficient (Wildman–Crippen LogP) is 6.37. The molecule has 3 atom stereocenters. The maximum absolute atomic E-state index is 12.5. The molecule has 276 valence electrons. The zero-order valence-electron chi connectivity index (χ0n) is 30.3. The van der Waals surface area contributed by atoms with Crippen molar-refractivity contribution in [2.75, 3.05) is 19.8 Å². The summed E-state index contributed by atoms with van der Waals surface area (Å²) in [7, 11) is 0. The number of phenols is 1. The molecule has 0 spiro atoms. The fourth-order valence-electron chi connectivity index (χ4n) is 7.93. The standard InChI is InChI=1S/C43H54N4O5/c1-2-9-34(48)24-36(50)25-35(49)16-14-31-15-17-40(51)41(22-31)52-29-47-27-37-38(26-46-39(37)28-47)43(19-6-7-20-43)33-13-8-12-32(23-33)42(44)45-21-18-30-10-4-3-5-11-30/h3-5,8,10-13,15,17,22-23,26-27,34,36,42,45,48,50-51H,2,6-7,9,14,16,18-21,24-25,28-29,44H2,1H3/t34-,36+,42+/m0/s1. The number of allylic oxidation sites excluding steroid dienone is 1. The first-order chi connectivity index (χ1) is 25.2. The van der Waals surface area contributed by atoms with Crippen molar-refractivity contribution < 1.29 is 24.9 Å². The topological polar surface area (TPSA) is 141 Å². The van der Waals surface area contributed by atoms with Crippen LogP contribution in [0, 0.1) is 0 Å². The summed E-state index contributed by atoms with van der Waals surface area (Å²) < 4.78 is 6.12. The van der Waals surface area contributed by atoms with Crippen molar-refractivity contribution in [1.29, 1.82) is 0 Å². The monoisotopic (exact) mass is 706 g/mol. The highest BCUT2D eigenvalue weighted by Crippen LogP contribution is 2.51. The van der Waals surface area contributed by atoms with Crippen LogP contribution >= 0.6 is 0 Å². The van der Waals surface area contributed by atoms with Gasteiger partial charge in [0, 0.05) is 42.8 Å². The number of aryl methyl sites for hydroxylation is 1. The average Bonchev–Trinajstić information content (AvgIpc) is 3.89. The molecule has 0 bridgehead atoms. The van der Waals surface area contributed by atoms with Gasteiger partial charge < -0.3 is 30.7 Å². The summed E-state index contributed by atoms with van der Waals surface area (Å²) in [4.78, 5) is 19.5. The molecule has 6 rings (SSSR count). The molecule has 1 aliphatic carbocycles. The second kappa shape index (κ2) is 17.5. The maximum Gasteiger partial charge on any atom is 0.163 e. The molecule has 3 aliphatic rings. The fourth-order valence-corrected chi connectivity index (χ4v) is 7.93. The van der Waals surface area contributed by atoms with Crippen molar-refractivity contribution >= 4 is 11.5 Å². The number of carbonyl (C=O) groups excluding carboxylic acids is 1. The second-order valence-corrected chi connectivity index (χ2v) is 14.6. The van der Waals surface area contributed by atoms with Gasteiger partial charge in [-0.3, -0.25) is 15.1 Å². The van der Waals surface area contributed by atoms with Crippen LogP contribution in [0.15, 0.2) is 101 Å². The highest BCUT2D eigenvalue weighted by atomic mass is 16.5. The minimum atomic E-state index is -0.841. The van der Waals surface area contributed by atoms with E-state index in [1.165, 1.54) is 16.7 Å². The number of ketones is 1. The zero-order chi connectivity index (χ0) is 36.5. The summed E-state index contributed by atoms with van der Waals surface area (Å²) in [6.45, 7) is 3.63. The van der Waals surface area contributed by atoms with Gasteiger partial charge in [-0.1, -0.05) is 86.8 Å². The molecule has 3 aromatic carbocycles. The first-order valence-corrected chi connectivity index (χ1v) is 18.9. The van der Waals surface area contributed by atoms with Crippen LogP contribution in [0.3, 0.4) is 0 Å². The molecule has 0 radical (unpaired) electrons. The van der Waals surface area contributed by atoms with E-state index in [4.69, 9.17) is 15.5 Å². The van der Waals surface area contributed by atoms with Crippen molar-refractivity contribution in [2.45, 2.75) is 101 Å². The number of aliphatic imine (C=N–C) groups is 1. The van der Waals surface area contributed by atoms with E-state index < -0.39 is 12.2 Å². The molecular formula is C43H54N4O5. The minimum Gasteiger partial charge on any atom is -0.504 e. The zero-order valence-corrected chi connectivity index (χ0v) is 30.3. The Morgan fingerprint density at radius 1 is 1.00 bits per heavy atom. The molecule has 2 aliphatic heterocycles. The van der Waals surface area contributed by atoms with Crippen LogP contribution < -0.4 is 15.8 Å². The molecule has 9 nitrogen and oxygen atoms in total. The van der Waals surface area contributed by atoms with Gasteiger partial charge in [0.25, 0.3) is 0 Å². The fraction of sp³-hybridized carbons (Fsp3) is 0.442. The van der Waals surface area contributed by atoms with E-state index in [0.29, 0.717) is 25.1 Å². The molecule has 0 unspecified atom stereocenters. The molecule has 3 aromatic rings. The van der Waals surface area contributed by atoms with Crippen molar-refractivity contribution in [3.05, 3.63) is 119 Å². The highest BCUT2D eigenvalue weighted by Gasteiger charge is 2.44. The lowest BCUT2D eigenvalue weighted by atomic mass is 9.70. The third-order valence-electron chi connectivity index (χ3n) is 10.7. The molecular weight excluding hydrogens is 652 g/mol. The average molecular weight is 707 g/mol. The van der Waals surface area contributed by atoms with Gasteiger partial charge in [0.05, 0.1) is 30.6 Å². The maximum atomic E-state index is 12.5. The van der Waals surface area contributed by atoms with E-state index in [-0.39, 0.29) is 49.1 Å². The summed E-state index contributed by atoms with van der Waals surface area (Å²) in [5, 5.41) is 34.2. The van der Waals surface area contributed by atoms with Gasteiger partial charge in [0.1, 0.15) is 5.78 Å². The Labute approximate surface area is 307 Å². The Kier molecular flexibility index (Phi) is 12.6. The van der Waals surface area contributed by atoms with Crippen LogP contribution in [-0.4, -0.2) is 63.7 Å². The van der Waals surface area contributed by atoms with Gasteiger partial charge in [0.15, 0.2) is 18.2 Å². The SMILES string of the molecule is CCC[C@H](O)C[C@@H](O)CC(=O)CCc1ccc(O)c(OCN2C=C3C(C4(c5cccc([C@H](N)NCCc6ccccc6)c5)CCCC4)=CN=C3C2)c1. The predicted molar refractivity (Wildman–Crippen MR) is 205 cm³/mol. The van der Waals surface area contributed by atoms with Gasteiger partial charge in [0.2, 0.25) is 0 Å². The number of aliphatic hydroxyl groups is 2. The summed E-state index contributed by atoms with van der Waals surface area (Å²) in [5.41, 5.74) is 14.5. The molecule has 52 heavy (non-hydrogen) atoms. The number of ether oxygens (including phenoxy) is 1. The van der Waals surface area contributed by atoms with Crippen LogP contribution in [-0.2, 0) is 23.1 Å². The molecule has 6 N–H and O–H groups in total. The largest absolute Gasteiger partial charge is 0.504 e. The van der Waals surface area contributed by atoms with Gasteiger partial charge in [-0.2, -0.15) is 0 Å². The smallest absolute Gasteiger partial charge is 0.163 e. The first kappa shape index (κ1) is 37.5. The Balaban J connectivity index is 1.06. The van der Waals surface area contributed by atoms with Gasteiger partial charge in [-0.25, -0.2) is 0 Å². The molecule has 2 heterocycles.